The summed E-state index contributed by atoms with van der Waals surface area (Å²) < 4.78 is 10.8. The number of methoxy groups -OCH3 is 1. The Hall–Kier alpha value is -1.59. The topological polar surface area (TPSA) is 42.0 Å². The average molecular weight is 278 g/mol. The summed E-state index contributed by atoms with van der Waals surface area (Å²) in [5.41, 5.74) is 0.635. The lowest BCUT2D eigenvalue weighted by Crippen LogP contribution is -2.46. The molecule has 1 amide bonds. The van der Waals surface area contributed by atoms with Gasteiger partial charge in [-0.15, -0.1) is 0 Å². The number of rotatable bonds is 4. The third-order valence-electron chi connectivity index (χ3n) is 3.48. The predicted molar refractivity (Wildman–Crippen MR) is 77.2 cm³/mol. The first-order chi connectivity index (χ1) is 9.60. The van der Waals surface area contributed by atoms with Gasteiger partial charge in [0.1, 0.15) is 5.75 Å². The molecule has 1 unspecified atom stereocenters. The maximum Gasteiger partial charge on any atom is 0.253 e. The minimum absolute atomic E-state index is 0.0132. The second-order valence-corrected chi connectivity index (χ2v) is 5.17. The number of likely N-dealkylation sites (N-methyl/N-ethyl adjacent to an activating group) is 2. The number of hydrogen-bond acceptors (Lipinski definition) is 4. The van der Waals surface area contributed by atoms with Crippen molar-refractivity contribution in [3.05, 3.63) is 29.8 Å². The summed E-state index contributed by atoms with van der Waals surface area (Å²) in [4.78, 5) is 16.3. The van der Waals surface area contributed by atoms with Gasteiger partial charge in [-0.3, -0.25) is 4.79 Å². The van der Waals surface area contributed by atoms with E-state index in [-0.39, 0.29) is 12.0 Å². The van der Waals surface area contributed by atoms with Crippen molar-refractivity contribution in [2.45, 2.75) is 6.10 Å². The Bertz CT molecular complexity index is 464. The molecule has 1 aliphatic heterocycles. The molecule has 2 rings (SSSR count). The summed E-state index contributed by atoms with van der Waals surface area (Å²) in [5, 5.41) is 0. The number of ether oxygens (including phenoxy) is 2. The zero-order valence-electron chi connectivity index (χ0n) is 12.3. The molecule has 0 saturated carbocycles. The lowest BCUT2D eigenvalue weighted by atomic mass is 10.2. The largest absolute Gasteiger partial charge is 0.497 e. The van der Waals surface area contributed by atoms with Gasteiger partial charge >= 0.3 is 0 Å². The van der Waals surface area contributed by atoms with Crippen LogP contribution in [0.3, 0.4) is 0 Å². The van der Waals surface area contributed by atoms with Crippen LogP contribution >= 0.6 is 0 Å². The molecule has 5 nitrogen and oxygen atoms in total. The third kappa shape index (κ3) is 3.71. The molecule has 0 radical (unpaired) electrons. The zero-order valence-corrected chi connectivity index (χ0v) is 12.3. The highest BCUT2D eigenvalue weighted by molar-refractivity contribution is 5.94. The van der Waals surface area contributed by atoms with Crippen LogP contribution < -0.4 is 4.74 Å². The summed E-state index contributed by atoms with van der Waals surface area (Å²) in [6.07, 6.45) is 0.0771. The molecule has 0 aliphatic carbocycles. The van der Waals surface area contributed by atoms with E-state index in [0.29, 0.717) is 17.9 Å². The number of morpholine rings is 1. The minimum Gasteiger partial charge on any atom is -0.497 e. The van der Waals surface area contributed by atoms with E-state index in [4.69, 9.17) is 9.47 Å². The highest BCUT2D eigenvalue weighted by atomic mass is 16.5. The second kappa shape index (κ2) is 6.72. The summed E-state index contributed by atoms with van der Waals surface area (Å²) in [5.74, 6) is 0.679. The highest BCUT2D eigenvalue weighted by Crippen LogP contribution is 2.14. The Kier molecular flexibility index (Phi) is 4.98. The van der Waals surface area contributed by atoms with Crippen LogP contribution in [0.2, 0.25) is 0 Å². The van der Waals surface area contributed by atoms with Gasteiger partial charge in [-0.1, -0.05) is 6.07 Å². The smallest absolute Gasteiger partial charge is 0.253 e. The van der Waals surface area contributed by atoms with Gasteiger partial charge in [-0.05, 0) is 25.2 Å². The summed E-state index contributed by atoms with van der Waals surface area (Å²) in [7, 11) is 5.47. The van der Waals surface area contributed by atoms with Crippen molar-refractivity contribution in [2.24, 2.45) is 0 Å². The van der Waals surface area contributed by atoms with E-state index in [1.807, 2.05) is 12.1 Å². The molecule has 110 valence electrons. The van der Waals surface area contributed by atoms with Gasteiger partial charge in [-0.2, -0.15) is 0 Å². The van der Waals surface area contributed by atoms with E-state index in [9.17, 15) is 4.79 Å². The van der Waals surface area contributed by atoms with E-state index in [1.165, 1.54) is 0 Å². The van der Waals surface area contributed by atoms with Crippen molar-refractivity contribution in [3.63, 3.8) is 0 Å². The van der Waals surface area contributed by atoms with E-state index in [0.717, 1.165) is 19.7 Å². The summed E-state index contributed by atoms with van der Waals surface area (Å²) >= 11 is 0. The van der Waals surface area contributed by atoms with Gasteiger partial charge in [0, 0.05) is 32.2 Å². The van der Waals surface area contributed by atoms with Crippen molar-refractivity contribution in [1.82, 2.24) is 9.80 Å². The number of amides is 1. The van der Waals surface area contributed by atoms with Crippen molar-refractivity contribution in [2.75, 3.05) is 47.4 Å². The van der Waals surface area contributed by atoms with Crippen LogP contribution in [0, 0.1) is 0 Å². The fourth-order valence-electron chi connectivity index (χ4n) is 2.34. The standard InChI is InChI=1S/C15H22N2O3/c1-16-7-8-20-14(10-16)11-17(2)15(18)12-5-4-6-13(9-12)19-3/h4-6,9,14H,7-8,10-11H2,1-3H3. The molecule has 1 saturated heterocycles. The Balaban J connectivity index is 1.97. The Labute approximate surface area is 120 Å². The van der Waals surface area contributed by atoms with Gasteiger partial charge in [0.15, 0.2) is 0 Å². The predicted octanol–water partition coefficient (Wildman–Crippen LogP) is 1.10. The molecular weight excluding hydrogens is 256 g/mol. The third-order valence-corrected chi connectivity index (χ3v) is 3.48. The Morgan fingerprint density at radius 2 is 2.35 bits per heavy atom. The van der Waals surface area contributed by atoms with E-state index in [1.54, 1.807) is 31.2 Å². The molecule has 1 aliphatic rings. The summed E-state index contributed by atoms with van der Waals surface area (Å²) in [6, 6.07) is 7.21. The number of nitrogens with zero attached hydrogens (tertiary/aromatic N) is 2. The second-order valence-electron chi connectivity index (χ2n) is 5.17. The number of carbonyl (C=O) groups is 1. The molecule has 0 spiro atoms. The van der Waals surface area contributed by atoms with Crippen molar-refractivity contribution < 1.29 is 14.3 Å². The quantitative estimate of drug-likeness (QED) is 0.827. The molecule has 20 heavy (non-hydrogen) atoms. The average Bonchev–Trinajstić information content (AvgIpc) is 2.46. The molecule has 1 atom stereocenters. The highest BCUT2D eigenvalue weighted by Gasteiger charge is 2.22. The maximum atomic E-state index is 12.4. The zero-order chi connectivity index (χ0) is 14.5. The molecule has 1 fully saturated rings. The number of carbonyl (C=O) groups excluding carboxylic acids is 1. The number of benzene rings is 1. The normalized spacial score (nSPS) is 19.6. The first kappa shape index (κ1) is 14.8. The van der Waals surface area contributed by atoms with Crippen molar-refractivity contribution in [3.8, 4) is 5.75 Å². The molecule has 5 heteroatoms. The fraction of sp³-hybridized carbons (Fsp3) is 0.533. The Morgan fingerprint density at radius 1 is 1.55 bits per heavy atom. The van der Waals surface area contributed by atoms with Crippen LogP contribution in [0.15, 0.2) is 24.3 Å². The van der Waals surface area contributed by atoms with E-state index >= 15 is 0 Å². The number of hydrogen-bond donors (Lipinski definition) is 0. The molecule has 1 aromatic carbocycles. The molecule has 0 aromatic heterocycles. The fourth-order valence-corrected chi connectivity index (χ4v) is 2.34. The molecular formula is C15H22N2O3. The van der Waals surface area contributed by atoms with E-state index < -0.39 is 0 Å². The first-order valence-electron chi connectivity index (χ1n) is 6.80. The lowest BCUT2D eigenvalue weighted by molar-refractivity contribution is -0.0301. The maximum absolute atomic E-state index is 12.4. The van der Waals surface area contributed by atoms with Gasteiger partial charge in [0.2, 0.25) is 0 Å². The van der Waals surface area contributed by atoms with Gasteiger partial charge < -0.3 is 19.3 Å². The van der Waals surface area contributed by atoms with Gasteiger partial charge in [-0.25, -0.2) is 0 Å². The van der Waals surface area contributed by atoms with Gasteiger partial charge in [0.25, 0.3) is 5.91 Å². The van der Waals surface area contributed by atoms with Gasteiger partial charge in [0.05, 0.1) is 19.8 Å². The van der Waals surface area contributed by atoms with Crippen molar-refractivity contribution >= 4 is 5.91 Å². The van der Waals surface area contributed by atoms with E-state index in [2.05, 4.69) is 11.9 Å². The van der Waals surface area contributed by atoms with Crippen LogP contribution in [0.1, 0.15) is 10.4 Å². The molecule has 1 heterocycles. The summed E-state index contributed by atoms with van der Waals surface area (Å²) in [6.45, 7) is 3.13. The van der Waals surface area contributed by atoms with Crippen molar-refractivity contribution in [1.29, 1.82) is 0 Å². The SMILES string of the molecule is COc1cccc(C(=O)N(C)CC2CN(C)CCO2)c1. The van der Waals surface area contributed by atoms with Crippen LogP contribution in [-0.2, 0) is 4.74 Å². The Morgan fingerprint density at radius 3 is 3.05 bits per heavy atom. The monoisotopic (exact) mass is 278 g/mol. The molecule has 0 N–H and O–H groups in total. The minimum atomic E-state index is -0.0132. The van der Waals surface area contributed by atoms with Crippen LogP contribution in [0.5, 0.6) is 5.75 Å². The molecule has 0 bridgehead atoms. The van der Waals surface area contributed by atoms with Crippen LogP contribution in [-0.4, -0.2) is 69.3 Å². The van der Waals surface area contributed by atoms with Crippen LogP contribution in [0.4, 0.5) is 0 Å². The first-order valence-corrected chi connectivity index (χ1v) is 6.80. The lowest BCUT2D eigenvalue weighted by Gasteiger charge is -2.32. The molecule has 1 aromatic rings. The van der Waals surface area contributed by atoms with Crippen LogP contribution in [0.25, 0.3) is 0 Å².